The zero-order valence-corrected chi connectivity index (χ0v) is 50.4. The lowest BCUT2D eigenvalue weighted by Crippen LogP contribution is -2.61. The van der Waals surface area contributed by atoms with E-state index in [0.717, 1.165) is 128 Å². The third-order valence-electron chi connectivity index (χ3n) is 14.1. The molecule has 1 rings (SSSR count). The Balaban J connectivity index is 2.71. The van der Waals surface area contributed by atoms with E-state index in [9.17, 15) is 35.1 Å². The fraction of sp³-hybridized carbons (Fsp3) is 0.681. The van der Waals surface area contributed by atoms with Gasteiger partial charge in [0.05, 0.1) is 25.4 Å². The molecule has 0 aromatic carbocycles. The maximum atomic E-state index is 13.4. The van der Waals surface area contributed by atoms with Crippen molar-refractivity contribution in [3.8, 4) is 0 Å². The minimum absolute atomic E-state index is 0.0902. The number of hydrogen-bond donors (Lipinski definition) is 6. The summed E-state index contributed by atoms with van der Waals surface area (Å²) in [5.74, 6) is -1.26. The largest absolute Gasteiger partial charge is 0.454 e. The summed E-state index contributed by atoms with van der Waals surface area (Å²) in [5.41, 5.74) is 0. The number of aliphatic hydroxyl groups excluding tert-OH is 5. The van der Waals surface area contributed by atoms with Crippen molar-refractivity contribution >= 4 is 11.9 Å². The minimum Gasteiger partial charge on any atom is -0.454 e. The van der Waals surface area contributed by atoms with Crippen LogP contribution in [0.5, 0.6) is 0 Å². The van der Waals surface area contributed by atoms with Crippen molar-refractivity contribution in [1.29, 1.82) is 0 Å². The van der Waals surface area contributed by atoms with Gasteiger partial charge in [0.2, 0.25) is 5.91 Å². The van der Waals surface area contributed by atoms with E-state index < -0.39 is 67.4 Å². The van der Waals surface area contributed by atoms with Gasteiger partial charge in [-0.1, -0.05) is 239 Å². The molecule has 1 amide bonds. The second-order valence-electron chi connectivity index (χ2n) is 21.4. The van der Waals surface area contributed by atoms with E-state index in [2.05, 4.69) is 135 Å². The van der Waals surface area contributed by atoms with Crippen molar-refractivity contribution in [1.82, 2.24) is 5.32 Å². The third kappa shape index (κ3) is 42.8. The van der Waals surface area contributed by atoms with Crippen LogP contribution in [0.4, 0.5) is 0 Å². The van der Waals surface area contributed by atoms with Crippen LogP contribution < -0.4 is 5.32 Å². The normalized spacial score (nSPS) is 19.6. The number of nitrogens with one attached hydrogen (secondary N) is 1. The van der Waals surface area contributed by atoms with E-state index >= 15 is 0 Å². The Bertz CT molecular complexity index is 1760. The fourth-order valence-electron chi connectivity index (χ4n) is 9.07. The van der Waals surface area contributed by atoms with Gasteiger partial charge >= 0.3 is 5.97 Å². The molecule has 8 atom stereocenters. The molecular formula is C69H115NO10. The number of esters is 1. The summed E-state index contributed by atoms with van der Waals surface area (Å²) in [5, 5.41) is 57.0. The zero-order chi connectivity index (χ0) is 58.2. The highest BCUT2D eigenvalue weighted by molar-refractivity contribution is 5.80. The Hall–Kier alpha value is -3.94. The molecule has 1 aliphatic rings. The van der Waals surface area contributed by atoms with Gasteiger partial charge < -0.3 is 45.1 Å². The molecule has 0 saturated carbocycles. The maximum Gasteiger partial charge on any atom is 0.306 e. The van der Waals surface area contributed by atoms with Crippen LogP contribution in [0.1, 0.15) is 239 Å². The lowest BCUT2D eigenvalue weighted by Gasteiger charge is -2.41. The van der Waals surface area contributed by atoms with Gasteiger partial charge in [-0.3, -0.25) is 9.59 Å². The van der Waals surface area contributed by atoms with Crippen LogP contribution in [0.25, 0.3) is 0 Å². The Morgan fingerprint density at radius 1 is 0.500 bits per heavy atom. The summed E-state index contributed by atoms with van der Waals surface area (Å²) in [6.07, 6.45) is 66.5. The van der Waals surface area contributed by atoms with Gasteiger partial charge in [-0.15, -0.1) is 0 Å². The van der Waals surface area contributed by atoms with Gasteiger partial charge in [0.15, 0.2) is 12.4 Å². The van der Waals surface area contributed by atoms with E-state index in [1.807, 2.05) is 6.08 Å². The van der Waals surface area contributed by atoms with Gasteiger partial charge in [0, 0.05) is 6.42 Å². The first-order chi connectivity index (χ1) is 39.2. The Kier molecular flexibility index (Phi) is 51.5. The standard InChI is InChI=1S/C69H115NO10/c1-4-7-10-13-16-19-22-25-27-29-31-32-33-35-37-39-42-45-48-51-54-57-64(74)80-67-66(76)65(75)63(58-71)79-69(67)78-59-60(61(72)55-52-49-46-43-40-24-21-18-15-12-9-6-3)70-68(77)62(73)56-53-50-47-44-41-38-36-34-30-28-26-23-20-17-14-11-8-5-2/h7,10,16-17,19-20,25-28,31-32,34-37,41,44,52,55,60-63,65-67,69,71-73,75-76H,4-6,8-9,11-15,18,21-24,29-30,33,38-40,42-43,45-51,53-54,56-59H2,1-3H3,(H,70,77)/b10-7-,19-16-,20-17-,27-25-,28-26-,32-31-,36-34-,37-35-,44-41-,55-52+. The second kappa shape index (κ2) is 55.6. The first-order valence-corrected chi connectivity index (χ1v) is 31.8. The van der Waals surface area contributed by atoms with Crippen LogP contribution >= 0.6 is 0 Å². The molecule has 11 nitrogen and oxygen atoms in total. The number of hydrogen-bond acceptors (Lipinski definition) is 10. The highest BCUT2D eigenvalue weighted by atomic mass is 16.7. The van der Waals surface area contributed by atoms with Crippen LogP contribution in [0.15, 0.2) is 122 Å². The van der Waals surface area contributed by atoms with Gasteiger partial charge in [0.1, 0.15) is 24.4 Å². The first kappa shape index (κ1) is 74.1. The van der Waals surface area contributed by atoms with Crippen molar-refractivity contribution in [2.75, 3.05) is 13.2 Å². The van der Waals surface area contributed by atoms with Gasteiger partial charge in [0.25, 0.3) is 0 Å². The summed E-state index contributed by atoms with van der Waals surface area (Å²) in [7, 11) is 0. The summed E-state index contributed by atoms with van der Waals surface area (Å²) in [6, 6.07) is -1.05. The predicted octanol–water partition coefficient (Wildman–Crippen LogP) is 15.4. The number of carbonyl (C=O) groups is 2. The molecule has 80 heavy (non-hydrogen) atoms. The molecule has 11 heteroatoms. The third-order valence-corrected chi connectivity index (χ3v) is 14.1. The van der Waals surface area contributed by atoms with E-state index in [-0.39, 0.29) is 19.4 Å². The summed E-state index contributed by atoms with van der Waals surface area (Å²) in [6.45, 7) is 5.60. The molecule has 456 valence electrons. The lowest BCUT2D eigenvalue weighted by atomic mass is 9.99. The molecule has 0 aliphatic carbocycles. The highest BCUT2D eigenvalue weighted by Crippen LogP contribution is 2.26. The van der Waals surface area contributed by atoms with E-state index in [1.54, 1.807) is 6.08 Å². The van der Waals surface area contributed by atoms with Crippen LogP contribution in [-0.4, -0.2) is 99.6 Å². The summed E-state index contributed by atoms with van der Waals surface area (Å²) < 4.78 is 17.6. The average Bonchev–Trinajstić information content (AvgIpc) is 3.45. The van der Waals surface area contributed by atoms with Crippen LogP contribution in [0.3, 0.4) is 0 Å². The SMILES string of the molecule is CC/C=C\C/C=C\C/C=C\C/C=C\C/C=C\CCCCCCCC(=O)OC1C(OCC(NC(=O)C(O)CCCC/C=C\C/C=C\C/C=C\C/C=C\CCCCC)C(O)/C=C/CCCCCCCCCCCC)OC(CO)C(O)C1O. The zero-order valence-electron chi connectivity index (χ0n) is 50.4. The fourth-order valence-corrected chi connectivity index (χ4v) is 9.07. The van der Waals surface area contributed by atoms with Crippen molar-refractivity contribution in [2.24, 2.45) is 0 Å². The number of allylic oxidation sites excluding steroid dienone is 19. The topological polar surface area (TPSA) is 175 Å². The second-order valence-corrected chi connectivity index (χ2v) is 21.4. The molecule has 1 fully saturated rings. The number of amides is 1. The summed E-state index contributed by atoms with van der Waals surface area (Å²) in [4.78, 5) is 26.6. The van der Waals surface area contributed by atoms with Crippen LogP contribution in [0.2, 0.25) is 0 Å². The van der Waals surface area contributed by atoms with Gasteiger partial charge in [-0.2, -0.15) is 0 Å². The van der Waals surface area contributed by atoms with Gasteiger partial charge in [-0.05, 0) is 116 Å². The molecule has 6 N–H and O–H groups in total. The quantitative estimate of drug-likeness (QED) is 0.0195. The Morgan fingerprint density at radius 3 is 1.38 bits per heavy atom. The number of ether oxygens (including phenoxy) is 3. The molecule has 0 spiro atoms. The van der Waals surface area contributed by atoms with Crippen LogP contribution in [0, 0.1) is 0 Å². The highest BCUT2D eigenvalue weighted by Gasteiger charge is 2.47. The molecule has 0 bridgehead atoms. The van der Waals surface area contributed by atoms with Crippen molar-refractivity contribution in [3.63, 3.8) is 0 Å². The summed E-state index contributed by atoms with van der Waals surface area (Å²) >= 11 is 0. The molecule has 0 radical (unpaired) electrons. The molecule has 1 heterocycles. The number of carbonyl (C=O) groups excluding carboxylic acids is 2. The van der Waals surface area contributed by atoms with Crippen molar-refractivity contribution in [2.45, 2.75) is 288 Å². The first-order valence-electron chi connectivity index (χ1n) is 31.8. The Labute approximate surface area is 487 Å². The van der Waals surface area contributed by atoms with Gasteiger partial charge in [-0.25, -0.2) is 0 Å². The molecule has 1 saturated heterocycles. The number of rotatable bonds is 52. The number of unbranched alkanes of at least 4 members (excludes halogenated alkanes) is 20. The Morgan fingerprint density at radius 2 is 0.900 bits per heavy atom. The molecular weight excluding hydrogens is 1000 g/mol. The molecule has 0 aromatic heterocycles. The molecule has 8 unspecified atom stereocenters. The minimum atomic E-state index is -1.64. The average molecular weight is 1120 g/mol. The smallest absolute Gasteiger partial charge is 0.306 e. The monoisotopic (exact) mass is 1120 g/mol. The van der Waals surface area contributed by atoms with Crippen LogP contribution in [-0.2, 0) is 23.8 Å². The van der Waals surface area contributed by atoms with Crippen molar-refractivity contribution < 1.29 is 49.3 Å². The number of aliphatic hydroxyl groups is 5. The molecule has 0 aromatic rings. The van der Waals surface area contributed by atoms with E-state index in [1.165, 1.54) is 64.2 Å². The lowest BCUT2D eigenvalue weighted by molar-refractivity contribution is -0.305. The van der Waals surface area contributed by atoms with Crippen molar-refractivity contribution in [3.05, 3.63) is 122 Å². The molecule has 1 aliphatic heterocycles. The predicted molar refractivity (Wildman–Crippen MR) is 333 cm³/mol. The van der Waals surface area contributed by atoms with E-state index in [4.69, 9.17) is 14.2 Å². The maximum absolute atomic E-state index is 13.4. The van der Waals surface area contributed by atoms with E-state index in [0.29, 0.717) is 12.8 Å².